The van der Waals surface area contributed by atoms with E-state index < -0.39 is 30.0 Å². The van der Waals surface area contributed by atoms with Gasteiger partial charge in [0.05, 0.1) is 0 Å². The minimum Gasteiger partial charge on any atom is -0.480 e. The molecule has 2 amide bonds. The van der Waals surface area contributed by atoms with Crippen LogP contribution in [0.2, 0.25) is 0 Å². The predicted molar refractivity (Wildman–Crippen MR) is 82.2 cm³/mol. The molecular formula is C15H27N3O4. The molecule has 1 aliphatic rings. The molecule has 0 saturated carbocycles. The van der Waals surface area contributed by atoms with Crippen molar-refractivity contribution in [3.05, 3.63) is 0 Å². The molecular weight excluding hydrogens is 286 g/mol. The highest BCUT2D eigenvalue weighted by molar-refractivity contribution is 5.97. The van der Waals surface area contributed by atoms with Crippen LogP contribution >= 0.6 is 0 Å². The zero-order chi connectivity index (χ0) is 16.9. The zero-order valence-electron chi connectivity index (χ0n) is 13.7. The quantitative estimate of drug-likeness (QED) is 0.451. The number of carboxylic acids is 1. The van der Waals surface area contributed by atoms with Crippen LogP contribution in [0.4, 0.5) is 0 Å². The van der Waals surface area contributed by atoms with E-state index in [-0.39, 0.29) is 11.8 Å². The highest BCUT2D eigenvalue weighted by atomic mass is 16.4. The second-order valence-electron chi connectivity index (χ2n) is 6.62. The van der Waals surface area contributed by atoms with Crippen LogP contribution in [-0.4, -0.2) is 47.6 Å². The number of hydrogen-bond donors (Lipinski definition) is 4. The summed E-state index contributed by atoms with van der Waals surface area (Å²) in [6.45, 7) is 8.65. The fourth-order valence-electron chi connectivity index (χ4n) is 2.15. The van der Waals surface area contributed by atoms with Gasteiger partial charge in [-0.3, -0.25) is 19.7 Å². The summed E-state index contributed by atoms with van der Waals surface area (Å²) in [6.07, 6.45) is 1.39. The Morgan fingerprint density at radius 2 is 1.73 bits per heavy atom. The largest absolute Gasteiger partial charge is 0.480 e. The summed E-state index contributed by atoms with van der Waals surface area (Å²) in [4.78, 5) is 34.9. The van der Waals surface area contributed by atoms with Gasteiger partial charge in [-0.2, -0.15) is 0 Å². The van der Waals surface area contributed by atoms with E-state index in [0.29, 0.717) is 18.9 Å². The number of aliphatic carboxylic acids is 1. The van der Waals surface area contributed by atoms with Gasteiger partial charge in [0.1, 0.15) is 18.1 Å². The van der Waals surface area contributed by atoms with E-state index in [1.165, 1.54) is 0 Å². The van der Waals surface area contributed by atoms with Gasteiger partial charge in [-0.05, 0) is 24.7 Å². The fourth-order valence-corrected chi connectivity index (χ4v) is 2.15. The van der Waals surface area contributed by atoms with Gasteiger partial charge < -0.3 is 15.7 Å². The van der Waals surface area contributed by atoms with Gasteiger partial charge in [0.15, 0.2) is 0 Å². The summed E-state index contributed by atoms with van der Waals surface area (Å²) in [5.41, 5.74) is 0. The topological polar surface area (TPSA) is 117 Å². The van der Waals surface area contributed by atoms with E-state index in [9.17, 15) is 14.4 Å². The van der Waals surface area contributed by atoms with Crippen molar-refractivity contribution in [2.75, 3.05) is 6.54 Å². The Morgan fingerprint density at radius 3 is 2.18 bits per heavy atom. The van der Waals surface area contributed by atoms with Crippen LogP contribution in [0.5, 0.6) is 0 Å². The lowest BCUT2D eigenvalue weighted by Crippen LogP contribution is -2.49. The van der Waals surface area contributed by atoms with Crippen molar-refractivity contribution < 1.29 is 19.5 Å². The fraction of sp³-hybridized carbons (Fsp3) is 0.800. The first kappa shape index (κ1) is 18.4. The average molecular weight is 313 g/mol. The Kier molecular flexibility index (Phi) is 6.80. The third kappa shape index (κ3) is 6.01. The van der Waals surface area contributed by atoms with E-state index in [0.717, 1.165) is 6.42 Å². The molecule has 1 aliphatic heterocycles. The minimum atomic E-state index is -1.05. The molecule has 126 valence electrons. The van der Waals surface area contributed by atoms with Gasteiger partial charge in [-0.15, -0.1) is 0 Å². The van der Waals surface area contributed by atoms with E-state index >= 15 is 0 Å². The maximum absolute atomic E-state index is 12.2. The second kappa shape index (κ2) is 8.12. The van der Waals surface area contributed by atoms with Crippen molar-refractivity contribution in [2.24, 2.45) is 11.8 Å². The van der Waals surface area contributed by atoms with Crippen molar-refractivity contribution >= 4 is 17.8 Å². The van der Waals surface area contributed by atoms with Crippen LogP contribution in [-0.2, 0) is 14.4 Å². The van der Waals surface area contributed by atoms with Gasteiger partial charge >= 0.3 is 5.97 Å². The van der Waals surface area contributed by atoms with E-state index in [1.54, 1.807) is 0 Å². The SMILES string of the molecule is CC(C)CCNC(=O)C(CC(C)C)NC(=O)[C@@H]1N[C@H]1C(=O)O. The van der Waals surface area contributed by atoms with Crippen LogP contribution in [0.1, 0.15) is 40.5 Å². The Bertz CT molecular complexity index is 423. The Morgan fingerprint density at radius 1 is 1.09 bits per heavy atom. The number of carbonyl (C=O) groups excluding carboxylic acids is 2. The van der Waals surface area contributed by atoms with E-state index in [4.69, 9.17) is 5.11 Å². The zero-order valence-corrected chi connectivity index (χ0v) is 13.7. The third-order valence-electron chi connectivity index (χ3n) is 3.49. The Balaban J connectivity index is 2.51. The van der Waals surface area contributed by atoms with Crippen LogP contribution < -0.4 is 16.0 Å². The summed E-state index contributed by atoms with van der Waals surface area (Å²) in [7, 11) is 0. The summed E-state index contributed by atoms with van der Waals surface area (Å²) in [5.74, 6) is -0.969. The van der Waals surface area contributed by atoms with Crippen LogP contribution in [0, 0.1) is 11.8 Å². The van der Waals surface area contributed by atoms with Gasteiger partial charge in [0.25, 0.3) is 0 Å². The maximum Gasteiger partial charge on any atom is 0.322 e. The molecule has 0 spiro atoms. The highest BCUT2D eigenvalue weighted by Gasteiger charge is 2.48. The average Bonchev–Trinajstić information content (AvgIpc) is 3.16. The number of rotatable bonds is 9. The van der Waals surface area contributed by atoms with Gasteiger partial charge in [-0.1, -0.05) is 27.7 Å². The number of hydrogen-bond acceptors (Lipinski definition) is 4. The van der Waals surface area contributed by atoms with E-state index in [2.05, 4.69) is 29.8 Å². The molecule has 0 aromatic rings. The second-order valence-corrected chi connectivity index (χ2v) is 6.62. The predicted octanol–water partition coefficient (Wildman–Crippen LogP) is 0.105. The summed E-state index contributed by atoms with van der Waals surface area (Å²) >= 11 is 0. The van der Waals surface area contributed by atoms with Crippen molar-refractivity contribution in [2.45, 2.75) is 58.7 Å². The molecule has 0 aliphatic carbocycles. The standard InChI is InChI=1S/C15H27N3O4/c1-8(2)5-6-16-13(19)10(7-9(3)4)17-14(20)11-12(18-11)15(21)22/h8-12,18H,5-7H2,1-4H3,(H,16,19)(H,17,20)(H,21,22)/t10?,11-,12-/m1/s1. The van der Waals surface area contributed by atoms with Crippen LogP contribution in [0.25, 0.3) is 0 Å². The number of nitrogens with one attached hydrogen (secondary N) is 3. The number of carboxylic acid groups (broad SMARTS) is 1. The van der Waals surface area contributed by atoms with Gasteiger partial charge in [-0.25, -0.2) is 0 Å². The molecule has 0 bridgehead atoms. The first-order valence-corrected chi connectivity index (χ1v) is 7.79. The van der Waals surface area contributed by atoms with Crippen LogP contribution in [0.15, 0.2) is 0 Å². The molecule has 7 nitrogen and oxygen atoms in total. The molecule has 7 heteroatoms. The molecule has 1 unspecified atom stereocenters. The molecule has 3 atom stereocenters. The first-order chi connectivity index (χ1) is 10.2. The third-order valence-corrected chi connectivity index (χ3v) is 3.49. The van der Waals surface area contributed by atoms with Crippen molar-refractivity contribution in [1.29, 1.82) is 0 Å². The molecule has 1 rings (SSSR count). The lowest BCUT2D eigenvalue weighted by Gasteiger charge is -2.20. The lowest BCUT2D eigenvalue weighted by atomic mass is 10.0. The van der Waals surface area contributed by atoms with Crippen LogP contribution in [0.3, 0.4) is 0 Å². The first-order valence-electron chi connectivity index (χ1n) is 7.79. The maximum atomic E-state index is 12.2. The molecule has 0 radical (unpaired) electrons. The smallest absolute Gasteiger partial charge is 0.322 e. The summed E-state index contributed by atoms with van der Waals surface area (Å²) in [5, 5.41) is 16.9. The summed E-state index contributed by atoms with van der Waals surface area (Å²) < 4.78 is 0. The molecule has 1 saturated heterocycles. The van der Waals surface area contributed by atoms with Crippen molar-refractivity contribution in [3.8, 4) is 0 Å². The lowest BCUT2D eigenvalue weighted by molar-refractivity contribution is -0.137. The minimum absolute atomic E-state index is 0.213. The highest BCUT2D eigenvalue weighted by Crippen LogP contribution is 2.13. The van der Waals surface area contributed by atoms with Crippen molar-refractivity contribution in [1.82, 2.24) is 16.0 Å². The Hall–Kier alpha value is -1.63. The monoisotopic (exact) mass is 313 g/mol. The van der Waals surface area contributed by atoms with E-state index in [1.807, 2.05) is 13.8 Å². The molecule has 0 aromatic heterocycles. The molecule has 22 heavy (non-hydrogen) atoms. The van der Waals surface area contributed by atoms with Crippen molar-refractivity contribution in [3.63, 3.8) is 0 Å². The molecule has 1 fully saturated rings. The molecule has 0 aromatic carbocycles. The number of amides is 2. The van der Waals surface area contributed by atoms with Gasteiger partial charge in [0, 0.05) is 6.54 Å². The normalized spacial score (nSPS) is 21.5. The number of carbonyl (C=O) groups is 3. The molecule has 4 N–H and O–H groups in total. The summed E-state index contributed by atoms with van der Waals surface area (Å²) in [6, 6.07) is -2.21. The van der Waals surface area contributed by atoms with Gasteiger partial charge in [0.2, 0.25) is 11.8 Å². The Labute approximate surface area is 131 Å². The molecule has 1 heterocycles.